The molecule has 0 aliphatic rings. The number of hydrogen-bond acceptors (Lipinski definition) is 4. The maximum Gasteiger partial charge on any atom is 0.152 e. The van der Waals surface area contributed by atoms with Gasteiger partial charge in [0.05, 0.1) is 18.9 Å². The smallest absolute Gasteiger partial charge is 0.152 e. The van der Waals surface area contributed by atoms with Gasteiger partial charge in [-0.1, -0.05) is 26.0 Å². The first kappa shape index (κ1) is 14.5. The zero-order valence-electron chi connectivity index (χ0n) is 12.4. The molecular formula is C15H22N4O. The van der Waals surface area contributed by atoms with E-state index in [1.807, 2.05) is 17.6 Å². The molecule has 0 amide bonds. The summed E-state index contributed by atoms with van der Waals surface area (Å²) in [4.78, 5) is 4.37. The van der Waals surface area contributed by atoms with Crippen LogP contribution in [-0.4, -0.2) is 34.4 Å². The van der Waals surface area contributed by atoms with Gasteiger partial charge < -0.3 is 10.1 Å². The minimum Gasteiger partial charge on any atom is -0.375 e. The minimum atomic E-state index is 0.404. The van der Waals surface area contributed by atoms with E-state index in [1.54, 1.807) is 6.20 Å². The first-order chi connectivity index (χ1) is 9.58. The van der Waals surface area contributed by atoms with E-state index in [1.165, 1.54) is 0 Å². The fourth-order valence-corrected chi connectivity index (χ4v) is 1.85. The summed E-state index contributed by atoms with van der Waals surface area (Å²) in [6, 6.07) is 2.08. The molecule has 0 bridgehead atoms. The van der Waals surface area contributed by atoms with Crippen LogP contribution in [0.25, 0.3) is 5.52 Å². The number of nitrogens with zero attached hydrogens (tertiary/aromatic N) is 3. The molecule has 5 heteroatoms. The molecule has 0 saturated heterocycles. The summed E-state index contributed by atoms with van der Waals surface area (Å²) in [6.45, 7) is 12.0. The van der Waals surface area contributed by atoms with Gasteiger partial charge in [0.2, 0.25) is 0 Å². The summed E-state index contributed by atoms with van der Waals surface area (Å²) in [6.07, 6.45) is 3.62. The molecule has 0 spiro atoms. The third kappa shape index (κ3) is 3.57. The van der Waals surface area contributed by atoms with E-state index in [2.05, 4.69) is 41.9 Å². The van der Waals surface area contributed by atoms with Crippen molar-refractivity contribution < 1.29 is 4.74 Å². The first-order valence-electron chi connectivity index (χ1n) is 6.88. The molecule has 0 aliphatic heterocycles. The van der Waals surface area contributed by atoms with Crippen LogP contribution in [0.2, 0.25) is 0 Å². The SMILES string of the molecule is C=C(C)COCCNc1nccn2nc(C(C)C)cc12. The van der Waals surface area contributed by atoms with Crippen LogP contribution in [-0.2, 0) is 4.74 Å². The number of ether oxygens (including phenoxy) is 1. The van der Waals surface area contributed by atoms with Gasteiger partial charge in [-0.15, -0.1) is 0 Å². The molecule has 5 nitrogen and oxygen atoms in total. The van der Waals surface area contributed by atoms with Crippen molar-refractivity contribution in [2.24, 2.45) is 0 Å². The fraction of sp³-hybridized carbons (Fsp3) is 0.467. The molecule has 0 radical (unpaired) electrons. The Bertz CT molecular complexity index is 589. The highest BCUT2D eigenvalue weighted by atomic mass is 16.5. The monoisotopic (exact) mass is 274 g/mol. The molecule has 0 unspecified atom stereocenters. The number of aromatic nitrogens is 3. The highest BCUT2D eigenvalue weighted by molar-refractivity contribution is 5.67. The minimum absolute atomic E-state index is 0.404. The molecule has 0 fully saturated rings. The maximum atomic E-state index is 5.46. The van der Waals surface area contributed by atoms with Crippen molar-refractivity contribution in [1.29, 1.82) is 0 Å². The average molecular weight is 274 g/mol. The molecule has 0 atom stereocenters. The van der Waals surface area contributed by atoms with Gasteiger partial charge in [-0.25, -0.2) is 9.50 Å². The normalized spacial score (nSPS) is 11.2. The summed E-state index contributed by atoms with van der Waals surface area (Å²) in [5.74, 6) is 1.24. The largest absolute Gasteiger partial charge is 0.375 e. The zero-order valence-corrected chi connectivity index (χ0v) is 12.4. The molecule has 0 aliphatic carbocycles. The Hall–Kier alpha value is -1.88. The lowest BCUT2D eigenvalue weighted by molar-refractivity contribution is 0.167. The summed E-state index contributed by atoms with van der Waals surface area (Å²) in [5, 5.41) is 7.82. The van der Waals surface area contributed by atoms with E-state index in [0.717, 1.165) is 22.6 Å². The van der Waals surface area contributed by atoms with Crippen LogP contribution >= 0.6 is 0 Å². The molecule has 2 aromatic heterocycles. The lowest BCUT2D eigenvalue weighted by atomic mass is 10.1. The fourth-order valence-electron chi connectivity index (χ4n) is 1.85. The molecule has 0 saturated carbocycles. The van der Waals surface area contributed by atoms with E-state index < -0.39 is 0 Å². The van der Waals surface area contributed by atoms with Gasteiger partial charge in [-0.2, -0.15) is 5.10 Å². The summed E-state index contributed by atoms with van der Waals surface area (Å²) in [7, 11) is 0. The van der Waals surface area contributed by atoms with Crippen LogP contribution in [0, 0.1) is 0 Å². The van der Waals surface area contributed by atoms with E-state index in [4.69, 9.17) is 4.74 Å². The summed E-state index contributed by atoms with van der Waals surface area (Å²) >= 11 is 0. The van der Waals surface area contributed by atoms with Crippen molar-refractivity contribution in [3.05, 3.63) is 36.3 Å². The van der Waals surface area contributed by atoms with Crippen molar-refractivity contribution in [3.8, 4) is 0 Å². The highest BCUT2D eigenvalue weighted by Crippen LogP contribution is 2.19. The molecule has 2 aromatic rings. The van der Waals surface area contributed by atoms with E-state index in [-0.39, 0.29) is 0 Å². The van der Waals surface area contributed by atoms with Crippen LogP contribution < -0.4 is 5.32 Å². The Morgan fingerprint density at radius 1 is 1.50 bits per heavy atom. The van der Waals surface area contributed by atoms with Crippen LogP contribution in [0.5, 0.6) is 0 Å². The number of fused-ring (bicyclic) bond motifs is 1. The lowest BCUT2D eigenvalue weighted by Crippen LogP contribution is -2.11. The number of anilines is 1. The van der Waals surface area contributed by atoms with Gasteiger partial charge in [0.25, 0.3) is 0 Å². The topological polar surface area (TPSA) is 51.5 Å². The third-order valence-electron chi connectivity index (χ3n) is 2.89. The highest BCUT2D eigenvalue weighted by Gasteiger charge is 2.09. The van der Waals surface area contributed by atoms with Gasteiger partial charge in [-0.3, -0.25) is 0 Å². The zero-order chi connectivity index (χ0) is 14.5. The van der Waals surface area contributed by atoms with E-state index in [0.29, 0.717) is 25.7 Å². The van der Waals surface area contributed by atoms with E-state index in [9.17, 15) is 0 Å². The molecule has 108 valence electrons. The van der Waals surface area contributed by atoms with E-state index >= 15 is 0 Å². The van der Waals surface area contributed by atoms with Crippen molar-refractivity contribution in [1.82, 2.24) is 14.6 Å². The van der Waals surface area contributed by atoms with Crippen LogP contribution in [0.4, 0.5) is 5.82 Å². The van der Waals surface area contributed by atoms with Crippen LogP contribution in [0.15, 0.2) is 30.6 Å². The Labute approximate surface area is 119 Å². The number of rotatable bonds is 7. The van der Waals surface area contributed by atoms with Gasteiger partial charge in [-0.05, 0) is 18.9 Å². The lowest BCUT2D eigenvalue weighted by Gasteiger charge is -2.07. The van der Waals surface area contributed by atoms with Crippen LogP contribution in [0.1, 0.15) is 32.4 Å². The van der Waals surface area contributed by atoms with Gasteiger partial charge in [0, 0.05) is 18.9 Å². The molecule has 2 rings (SSSR count). The second-order valence-electron chi connectivity index (χ2n) is 5.27. The Kier molecular flexibility index (Phi) is 4.74. The third-order valence-corrected chi connectivity index (χ3v) is 2.89. The van der Waals surface area contributed by atoms with Gasteiger partial charge in [0.1, 0.15) is 5.52 Å². The summed E-state index contributed by atoms with van der Waals surface area (Å²) < 4.78 is 7.32. The second kappa shape index (κ2) is 6.52. The summed E-state index contributed by atoms with van der Waals surface area (Å²) in [5.41, 5.74) is 3.10. The van der Waals surface area contributed by atoms with Crippen molar-refractivity contribution >= 4 is 11.3 Å². The van der Waals surface area contributed by atoms with Crippen LogP contribution in [0.3, 0.4) is 0 Å². The first-order valence-corrected chi connectivity index (χ1v) is 6.88. The molecule has 2 heterocycles. The average Bonchev–Trinajstić information content (AvgIpc) is 2.83. The van der Waals surface area contributed by atoms with Gasteiger partial charge >= 0.3 is 0 Å². The number of nitrogens with one attached hydrogen (secondary N) is 1. The maximum absolute atomic E-state index is 5.46. The van der Waals surface area contributed by atoms with Gasteiger partial charge in [0.15, 0.2) is 5.82 Å². The van der Waals surface area contributed by atoms with Crippen molar-refractivity contribution in [3.63, 3.8) is 0 Å². The molecule has 1 N–H and O–H groups in total. The Morgan fingerprint density at radius 2 is 2.30 bits per heavy atom. The predicted molar refractivity (Wildman–Crippen MR) is 81.2 cm³/mol. The standard InChI is InChI=1S/C15H22N4O/c1-11(2)10-20-8-6-17-15-14-9-13(12(3)4)18-19(14)7-5-16-15/h5,7,9,12H,1,6,8,10H2,2-4H3,(H,16,17). The molecule has 0 aromatic carbocycles. The number of hydrogen-bond donors (Lipinski definition) is 1. The molecular weight excluding hydrogens is 252 g/mol. The Balaban J connectivity index is 2.00. The quantitative estimate of drug-likeness (QED) is 0.623. The predicted octanol–water partition coefficient (Wildman–Crippen LogP) is 2.86. The molecule has 20 heavy (non-hydrogen) atoms. The van der Waals surface area contributed by atoms with Crippen molar-refractivity contribution in [2.45, 2.75) is 26.7 Å². The Morgan fingerprint density at radius 3 is 3.00 bits per heavy atom. The second-order valence-corrected chi connectivity index (χ2v) is 5.27. The van der Waals surface area contributed by atoms with Crippen molar-refractivity contribution in [2.75, 3.05) is 25.1 Å².